The molecule has 0 heterocycles. The number of ether oxygens (including phenoxy) is 1. The fourth-order valence-corrected chi connectivity index (χ4v) is 2.81. The molecule has 2 nitrogen and oxygen atoms in total. The van der Waals surface area contributed by atoms with Crippen LogP contribution in [-0.4, -0.2) is 24.9 Å². The normalized spacial score (nSPS) is 12.7. The summed E-state index contributed by atoms with van der Waals surface area (Å²) in [7, 11) is 1.78. The Morgan fingerprint density at radius 2 is 1.10 bits per heavy atom. The highest BCUT2D eigenvalue weighted by molar-refractivity contribution is 4.57. The van der Waals surface area contributed by atoms with E-state index in [0.717, 1.165) is 19.4 Å². The van der Waals surface area contributed by atoms with Gasteiger partial charge in [0.25, 0.3) is 0 Å². The van der Waals surface area contributed by atoms with E-state index in [1.165, 1.54) is 83.5 Å². The third-order valence-corrected chi connectivity index (χ3v) is 4.28. The SMILES string of the molecule is CCCCCCC(O)CCCCCCCCCCCOC. The monoisotopic (exact) mass is 300 g/mol. The molecule has 0 aliphatic carbocycles. The number of hydrogen-bond donors (Lipinski definition) is 1. The molecule has 1 unspecified atom stereocenters. The second kappa shape index (κ2) is 18.0. The Balaban J connectivity index is 3.07. The van der Waals surface area contributed by atoms with Crippen molar-refractivity contribution in [2.24, 2.45) is 0 Å². The van der Waals surface area contributed by atoms with E-state index >= 15 is 0 Å². The molecule has 0 aromatic heterocycles. The van der Waals surface area contributed by atoms with Crippen molar-refractivity contribution < 1.29 is 9.84 Å². The molecule has 0 aliphatic rings. The van der Waals surface area contributed by atoms with Crippen molar-refractivity contribution >= 4 is 0 Å². The van der Waals surface area contributed by atoms with E-state index in [1.54, 1.807) is 7.11 Å². The Labute approximate surface area is 133 Å². The predicted octanol–water partition coefficient (Wildman–Crippen LogP) is 5.87. The predicted molar refractivity (Wildman–Crippen MR) is 92.8 cm³/mol. The number of methoxy groups -OCH3 is 1. The molecule has 0 fully saturated rings. The summed E-state index contributed by atoms with van der Waals surface area (Å²) in [5.41, 5.74) is 0. The molecule has 0 amide bonds. The van der Waals surface area contributed by atoms with Crippen LogP contribution in [0.5, 0.6) is 0 Å². The standard InChI is InChI=1S/C19H40O2/c1-3-4-5-13-16-19(20)17-14-11-9-7-6-8-10-12-15-18-21-2/h19-20H,3-18H2,1-2H3. The Morgan fingerprint density at radius 1 is 0.667 bits per heavy atom. The van der Waals surface area contributed by atoms with Gasteiger partial charge in [-0.2, -0.15) is 0 Å². The van der Waals surface area contributed by atoms with Gasteiger partial charge in [0.15, 0.2) is 0 Å². The molecular formula is C19H40O2. The van der Waals surface area contributed by atoms with Crippen molar-refractivity contribution in [3.8, 4) is 0 Å². The highest BCUT2D eigenvalue weighted by Gasteiger charge is 2.03. The molecule has 0 aromatic carbocycles. The first-order valence-corrected chi connectivity index (χ1v) is 9.48. The molecule has 1 N–H and O–H groups in total. The van der Waals surface area contributed by atoms with E-state index in [0.29, 0.717) is 0 Å². The molecule has 0 aromatic rings. The van der Waals surface area contributed by atoms with E-state index in [1.807, 2.05) is 0 Å². The largest absolute Gasteiger partial charge is 0.393 e. The summed E-state index contributed by atoms with van der Waals surface area (Å²) in [6.45, 7) is 3.15. The highest BCUT2D eigenvalue weighted by Crippen LogP contribution is 2.14. The van der Waals surface area contributed by atoms with E-state index in [9.17, 15) is 5.11 Å². The van der Waals surface area contributed by atoms with Gasteiger partial charge < -0.3 is 9.84 Å². The summed E-state index contributed by atoms with van der Waals surface area (Å²) in [4.78, 5) is 0. The first kappa shape index (κ1) is 20.9. The first-order valence-electron chi connectivity index (χ1n) is 9.48. The van der Waals surface area contributed by atoms with E-state index in [-0.39, 0.29) is 6.10 Å². The number of unbranched alkanes of at least 4 members (excludes halogenated alkanes) is 11. The zero-order valence-electron chi connectivity index (χ0n) is 14.7. The number of aliphatic hydroxyl groups is 1. The van der Waals surface area contributed by atoms with Crippen LogP contribution in [0.25, 0.3) is 0 Å². The van der Waals surface area contributed by atoms with Gasteiger partial charge >= 0.3 is 0 Å². The molecule has 2 heteroatoms. The Kier molecular flexibility index (Phi) is 17.9. The lowest BCUT2D eigenvalue weighted by molar-refractivity contribution is 0.147. The maximum atomic E-state index is 9.88. The van der Waals surface area contributed by atoms with Crippen molar-refractivity contribution in [3.05, 3.63) is 0 Å². The lowest BCUT2D eigenvalue weighted by Gasteiger charge is -2.10. The molecule has 0 aliphatic heterocycles. The number of rotatable bonds is 17. The average molecular weight is 301 g/mol. The van der Waals surface area contributed by atoms with Crippen LogP contribution < -0.4 is 0 Å². The zero-order chi connectivity index (χ0) is 15.6. The summed E-state index contributed by atoms with van der Waals surface area (Å²) in [6, 6.07) is 0. The minimum atomic E-state index is -0.0392. The molecule has 0 bridgehead atoms. The van der Waals surface area contributed by atoms with Gasteiger partial charge in [-0.25, -0.2) is 0 Å². The first-order chi connectivity index (χ1) is 10.3. The summed E-state index contributed by atoms with van der Waals surface area (Å²) >= 11 is 0. The second-order valence-electron chi connectivity index (χ2n) is 6.47. The van der Waals surface area contributed by atoms with Gasteiger partial charge in [-0.1, -0.05) is 84.0 Å². The molecular weight excluding hydrogens is 260 g/mol. The smallest absolute Gasteiger partial charge is 0.0540 e. The van der Waals surface area contributed by atoms with E-state index in [2.05, 4.69) is 6.92 Å². The Hall–Kier alpha value is -0.0800. The van der Waals surface area contributed by atoms with Crippen LogP contribution in [0.1, 0.15) is 103 Å². The Bertz CT molecular complexity index is 182. The third kappa shape index (κ3) is 17.9. The van der Waals surface area contributed by atoms with Gasteiger partial charge in [0.1, 0.15) is 0 Å². The van der Waals surface area contributed by atoms with Crippen molar-refractivity contribution in [1.82, 2.24) is 0 Å². The van der Waals surface area contributed by atoms with Crippen LogP contribution in [0.4, 0.5) is 0 Å². The van der Waals surface area contributed by atoms with Gasteiger partial charge in [-0.3, -0.25) is 0 Å². The summed E-state index contributed by atoms with van der Waals surface area (Å²) < 4.78 is 5.05. The highest BCUT2D eigenvalue weighted by atomic mass is 16.5. The molecule has 0 spiro atoms. The summed E-state index contributed by atoms with van der Waals surface area (Å²) in [5.74, 6) is 0. The van der Waals surface area contributed by atoms with Crippen LogP contribution in [0, 0.1) is 0 Å². The van der Waals surface area contributed by atoms with Gasteiger partial charge in [0.05, 0.1) is 6.10 Å². The maximum Gasteiger partial charge on any atom is 0.0540 e. The summed E-state index contributed by atoms with van der Waals surface area (Å²) in [5, 5.41) is 9.88. The molecule has 128 valence electrons. The van der Waals surface area contributed by atoms with Crippen LogP contribution in [0.2, 0.25) is 0 Å². The average Bonchev–Trinajstić information content (AvgIpc) is 2.49. The molecule has 0 saturated carbocycles. The summed E-state index contributed by atoms with van der Waals surface area (Å²) in [6.07, 6.45) is 19.0. The van der Waals surface area contributed by atoms with Crippen LogP contribution in [0.3, 0.4) is 0 Å². The molecule has 21 heavy (non-hydrogen) atoms. The minimum Gasteiger partial charge on any atom is -0.393 e. The number of aliphatic hydroxyl groups excluding tert-OH is 1. The van der Waals surface area contributed by atoms with Crippen molar-refractivity contribution in [1.29, 1.82) is 0 Å². The lowest BCUT2D eigenvalue weighted by atomic mass is 10.0. The van der Waals surface area contributed by atoms with Crippen molar-refractivity contribution in [2.45, 2.75) is 109 Å². The van der Waals surface area contributed by atoms with Gasteiger partial charge in [-0.15, -0.1) is 0 Å². The fourth-order valence-electron chi connectivity index (χ4n) is 2.81. The third-order valence-electron chi connectivity index (χ3n) is 4.28. The van der Waals surface area contributed by atoms with E-state index < -0.39 is 0 Å². The second-order valence-corrected chi connectivity index (χ2v) is 6.47. The maximum absolute atomic E-state index is 9.88. The quantitative estimate of drug-likeness (QED) is 0.341. The zero-order valence-corrected chi connectivity index (χ0v) is 14.7. The molecule has 0 radical (unpaired) electrons. The van der Waals surface area contributed by atoms with E-state index in [4.69, 9.17) is 4.74 Å². The van der Waals surface area contributed by atoms with Crippen LogP contribution in [0.15, 0.2) is 0 Å². The van der Waals surface area contributed by atoms with Crippen LogP contribution >= 0.6 is 0 Å². The van der Waals surface area contributed by atoms with Crippen LogP contribution in [-0.2, 0) is 4.74 Å². The van der Waals surface area contributed by atoms with Crippen molar-refractivity contribution in [3.63, 3.8) is 0 Å². The Morgan fingerprint density at radius 3 is 1.57 bits per heavy atom. The fraction of sp³-hybridized carbons (Fsp3) is 1.00. The van der Waals surface area contributed by atoms with Gasteiger partial charge in [-0.05, 0) is 19.3 Å². The molecule has 0 saturated heterocycles. The van der Waals surface area contributed by atoms with Crippen molar-refractivity contribution in [2.75, 3.05) is 13.7 Å². The van der Waals surface area contributed by atoms with Gasteiger partial charge in [0.2, 0.25) is 0 Å². The topological polar surface area (TPSA) is 29.5 Å². The molecule has 0 rings (SSSR count). The number of hydrogen-bond acceptors (Lipinski definition) is 2. The lowest BCUT2D eigenvalue weighted by Crippen LogP contribution is -2.05. The van der Waals surface area contributed by atoms with Gasteiger partial charge in [0, 0.05) is 13.7 Å². The minimum absolute atomic E-state index is 0.0392. The molecule has 1 atom stereocenters.